The molecule has 0 radical (unpaired) electrons. The molecule has 1 heterocycles. The monoisotopic (exact) mass is 258 g/mol. The molecule has 1 saturated heterocycles. The summed E-state index contributed by atoms with van der Waals surface area (Å²) in [5, 5.41) is 3.57. The third-order valence-corrected chi connectivity index (χ3v) is 3.66. The minimum absolute atomic E-state index is 0.305. The van der Waals surface area contributed by atoms with Crippen molar-refractivity contribution in [3.05, 3.63) is 0 Å². The molecular weight excluding hydrogens is 228 g/mol. The standard InChI is InChI=1S/C14H30N2O2/c1-11(2)14(10-17-5)15-8-13-9-16(12(3)4)6-7-18-13/h11-15H,6-10H2,1-5H3. The maximum atomic E-state index is 5.82. The van der Waals surface area contributed by atoms with Crippen molar-refractivity contribution >= 4 is 0 Å². The van der Waals surface area contributed by atoms with E-state index in [4.69, 9.17) is 9.47 Å². The first kappa shape index (κ1) is 15.9. The first-order chi connectivity index (χ1) is 8.54. The molecule has 0 aromatic rings. The molecular formula is C14H30N2O2. The number of nitrogens with zero attached hydrogens (tertiary/aromatic N) is 1. The van der Waals surface area contributed by atoms with Gasteiger partial charge >= 0.3 is 0 Å². The second-order valence-electron chi connectivity index (χ2n) is 5.80. The van der Waals surface area contributed by atoms with Crippen LogP contribution in [0.1, 0.15) is 27.7 Å². The summed E-state index contributed by atoms with van der Waals surface area (Å²) in [6.07, 6.45) is 0.305. The highest BCUT2D eigenvalue weighted by Gasteiger charge is 2.23. The molecule has 0 saturated carbocycles. The smallest absolute Gasteiger partial charge is 0.0826 e. The molecule has 4 heteroatoms. The summed E-state index contributed by atoms with van der Waals surface area (Å²) in [7, 11) is 1.76. The summed E-state index contributed by atoms with van der Waals surface area (Å²) in [4.78, 5) is 2.48. The number of hydrogen-bond donors (Lipinski definition) is 1. The average Bonchev–Trinajstić information content (AvgIpc) is 2.34. The van der Waals surface area contributed by atoms with Crippen molar-refractivity contribution in [2.24, 2.45) is 5.92 Å². The van der Waals surface area contributed by atoms with Gasteiger partial charge in [-0.25, -0.2) is 0 Å². The fraction of sp³-hybridized carbons (Fsp3) is 1.00. The number of hydrogen-bond acceptors (Lipinski definition) is 4. The second-order valence-corrected chi connectivity index (χ2v) is 5.80. The van der Waals surface area contributed by atoms with Crippen molar-refractivity contribution in [1.29, 1.82) is 0 Å². The van der Waals surface area contributed by atoms with Crippen LogP contribution < -0.4 is 5.32 Å². The van der Waals surface area contributed by atoms with Crippen LogP contribution in [0.4, 0.5) is 0 Å². The fourth-order valence-electron chi connectivity index (χ4n) is 2.28. The molecule has 108 valence electrons. The molecule has 0 bridgehead atoms. The predicted octanol–water partition coefficient (Wildman–Crippen LogP) is 1.36. The lowest BCUT2D eigenvalue weighted by Crippen LogP contribution is -2.51. The SMILES string of the molecule is COCC(NCC1CN(C(C)C)CCO1)C(C)C. The van der Waals surface area contributed by atoms with Gasteiger partial charge in [-0.05, 0) is 19.8 Å². The number of nitrogens with one attached hydrogen (secondary N) is 1. The van der Waals surface area contributed by atoms with Crippen molar-refractivity contribution in [2.75, 3.05) is 40.0 Å². The van der Waals surface area contributed by atoms with Crippen LogP contribution in [-0.4, -0.2) is 63.0 Å². The summed E-state index contributed by atoms with van der Waals surface area (Å²) in [6.45, 7) is 13.5. The Morgan fingerprint density at radius 3 is 2.61 bits per heavy atom. The third kappa shape index (κ3) is 5.22. The topological polar surface area (TPSA) is 33.7 Å². The zero-order valence-corrected chi connectivity index (χ0v) is 12.6. The highest BCUT2D eigenvalue weighted by molar-refractivity contribution is 4.78. The molecule has 4 nitrogen and oxygen atoms in total. The Morgan fingerprint density at radius 1 is 1.33 bits per heavy atom. The van der Waals surface area contributed by atoms with Crippen molar-refractivity contribution in [3.8, 4) is 0 Å². The van der Waals surface area contributed by atoms with E-state index >= 15 is 0 Å². The van der Waals surface area contributed by atoms with Gasteiger partial charge in [-0.1, -0.05) is 13.8 Å². The minimum Gasteiger partial charge on any atom is -0.383 e. The fourth-order valence-corrected chi connectivity index (χ4v) is 2.28. The molecule has 1 rings (SSSR count). The number of methoxy groups -OCH3 is 1. The first-order valence-electron chi connectivity index (χ1n) is 7.12. The van der Waals surface area contributed by atoms with E-state index in [1.165, 1.54) is 0 Å². The Labute approximate surface area is 112 Å². The van der Waals surface area contributed by atoms with E-state index in [0.29, 0.717) is 24.1 Å². The Bertz CT molecular complexity index is 222. The summed E-state index contributed by atoms with van der Waals surface area (Å²) in [5.41, 5.74) is 0. The van der Waals surface area contributed by atoms with E-state index in [-0.39, 0.29) is 0 Å². The van der Waals surface area contributed by atoms with Crippen LogP contribution in [-0.2, 0) is 9.47 Å². The molecule has 1 fully saturated rings. The van der Waals surface area contributed by atoms with Crippen molar-refractivity contribution in [1.82, 2.24) is 10.2 Å². The van der Waals surface area contributed by atoms with Crippen molar-refractivity contribution in [2.45, 2.75) is 45.9 Å². The van der Waals surface area contributed by atoms with Gasteiger partial charge in [-0.15, -0.1) is 0 Å². The van der Waals surface area contributed by atoms with Crippen LogP contribution in [0.2, 0.25) is 0 Å². The van der Waals surface area contributed by atoms with Gasteiger partial charge in [0.15, 0.2) is 0 Å². The molecule has 18 heavy (non-hydrogen) atoms. The molecule has 1 aliphatic rings. The van der Waals surface area contributed by atoms with Gasteiger partial charge in [0.25, 0.3) is 0 Å². The Hall–Kier alpha value is -0.160. The average molecular weight is 258 g/mol. The Morgan fingerprint density at radius 2 is 2.06 bits per heavy atom. The van der Waals surface area contributed by atoms with E-state index in [0.717, 1.165) is 32.8 Å². The van der Waals surface area contributed by atoms with Gasteiger partial charge < -0.3 is 14.8 Å². The Balaban J connectivity index is 2.32. The quantitative estimate of drug-likeness (QED) is 0.747. The normalized spacial score (nSPS) is 23.8. The predicted molar refractivity (Wildman–Crippen MR) is 75.0 cm³/mol. The summed E-state index contributed by atoms with van der Waals surface area (Å²) >= 11 is 0. The molecule has 0 amide bonds. The highest BCUT2D eigenvalue weighted by atomic mass is 16.5. The highest BCUT2D eigenvalue weighted by Crippen LogP contribution is 2.09. The van der Waals surface area contributed by atoms with E-state index in [2.05, 4.69) is 37.9 Å². The van der Waals surface area contributed by atoms with Crippen LogP contribution >= 0.6 is 0 Å². The molecule has 1 N–H and O–H groups in total. The maximum Gasteiger partial charge on any atom is 0.0826 e. The molecule has 2 atom stereocenters. The lowest BCUT2D eigenvalue weighted by molar-refractivity contribution is -0.0396. The minimum atomic E-state index is 0.305. The molecule has 0 aromatic carbocycles. The number of rotatable bonds is 7. The van der Waals surface area contributed by atoms with Gasteiger partial charge in [0.1, 0.15) is 0 Å². The van der Waals surface area contributed by atoms with Crippen LogP contribution in [0.5, 0.6) is 0 Å². The van der Waals surface area contributed by atoms with Crippen LogP contribution in [0, 0.1) is 5.92 Å². The summed E-state index contributed by atoms with van der Waals surface area (Å²) in [5.74, 6) is 0.578. The number of ether oxygens (including phenoxy) is 2. The van der Waals surface area contributed by atoms with E-state index < -0.39 is 0 Å². The van der Waals surface area contributed by atoms with Gasteiger partial charge in [0.2, 0.25) is 0 Å². The zero-order valence-electron chi connectivity index (χ0n) is 12.6. The van der Waals surface area contributed by atoms with Gasteiger partial charge in [0, 0.05) is 38.8 Å². The second kappa shape index (κ2) is 8.10. The maximum absolute atomic E-state index is 5.82. The van der Waals surface area contributed by atoms with Crippen molar-refractivity contribution in [3.63, 3.8) is 0 Å². The van der Waals surface area contributed by atoms with Crippen LogP contribution in [0.15, 0.2) is 0 Å². The number of morpholine rings is 1. The van der Waals surface area contributed by atoms with Gasteiger partial charge in [-0.2, -0.15) is 0 Å². The molecule has 0 aromatic heterocycles. The van der Waals surface area contributed by atoms with Gasteiger partial charge in [-0.3, -0.25) is 4.90 Å². The molecule has 1 aliphatic heterocycles. The van der Waals surface area contributed by atoms with E-state index in [1.807, 2.05) is 0 Å². The van der Waals surface area contributed by atoms with Crippen molar-refractivity contribution < 1.29 is 9.47 Å². The summed E-state index contributed by atoms with van der Waals surface area (Å²) < 4.78 is 11.1. The zero-order chi connectivity index (χ0) is 13.5. The van der Waals surface area contributed by atoms with E-state index in [1.54, 1.807) is 7.11 Å². The lowest BCUT2D eigenvalue weighted by atomic mass is 10.1. The first-order valence-corrected chi connectivity index (χ1v) is 7.12. The van der Waals surface area contributed by atoms with Crippen LogP contribution in [0.25, 0.3) is 0 Å². The Kier molecular flexibility index (Phi) is 7.15. The summed E-state index contributed by atoms with van der Waals surface area (Å²) in [6, 6.07) is 1.02. The van der Waals surface area contributed by atoms with Crippen LogP contribution in [0.3, 0.4) is 0 Å². The largest absolute Gasteiger partial charge is 0.383 e. The van der Waals surface area contributed by atoms with Gasteiger partial charge in [0.05, 0.1) is 19.3 Å². The van der Waals surface area contributed by atoms with E-state index in [9.17, 15) is 0 Å². The molecule has 0 spiro atoms. The molecule has 2 unspecified atom stereocenters. The lowest BCUT2D eigenvalue weighted by Gasteiger charge is -2.36. The third-order valence-electron chi connectivity index (χ3n) is 3.66. The molecule has 0 aliphatic carbocycles.